The minimum atomic E-state index is -1.13. The average Bonchev–Trinajstić information content (AvgIpc) is 2.60. The predicted molar refractivity (Wildman–Crippen MR) is 85.5 cm³/mol. The number of nitrogens with one attached hydrogen (secondary N) is 2. The lowest BCUT2D eigenvalue weighted by Gasteiger charge is -2.18. The van der Waals surface area contributed by atoms with E-state index in [1.807, 2.05) is 0 Å². The van der Waals surface area contributed by atoms with Gasteiger partial charge in [-0.2, -0.15) is 0 Å². The molecule has 0 aliphatic carbocycles. The molecule has 8 heteroatoms. The number of urea groups is 1. The summed E-state index contributed by atoms with van der Waals surface area (Å²) < 4.78 is 5.60. The molecule has 0 bridgehead atoms. The van der Waals surface area contributed by atoms with E-state index < -0.39 is 23.0 Å². The molecule has 0 radical (unpaired) electrons. The van der Waals surface area contributed by atoms with Gasteiger partial charge in [-0.3, -0.25) is 20.2 Å². The maximum atomic E-state index is 12.3. The zero-order valence-electron chi connectivity index (χ0n) is 12.8. The van der Waals surface area contributed by atoms with Crippen LogP contribution in [0.2, 0.25) is 0 Å². The Labute approximate surface area is 137 Å². The van der Waals surface area contributed by atoms with E-state index >= 15 is 0 Å². The fourth-order valence-corrected chi connectivity index (χ4v) is 1.95. The molecule has 0 spiro atoms. The molecular formula is C16H15N3O5. The van der Waals surface area contributed by atoms with Gasteiger partial charge in [-0.1, -0.05) is 36.4 Å². The minimum absolute atomic E-state index is 0.144. The van der Waals surface area contributed by atoms with Gasteiger partial charge < -0.3 is 10.1 Å². The molecule has 2 rings (SSSR count). The number of nitrogens with zero attached hydrogens (tertiary/aromatic N) is 1. The van der Waals surface area contributed by atoms with E-state index in [1.54, 1.807) is 30.3 Å². The lowest BCUT2D eigenvalue weighted by Crippen LogP contribution is -2.41. The lowest BCUT2D eigenvalue weighted by molar-refractivity contribution is -0.384. The van der Waals surface area contributed by atoms with Crippen LogP contribution in [0.15, 0.2) is 54.6 Å². The molecule has 0 aliphatic rings. The summed E-state index contributed by atoms with van der Waals surface area (Å²) in [6.45, 7) is 0. The second kappa shape index (κ2) is 7.73. The SMILES string of the molecule is CNC(=O)NC(=O)C(Oc1cccc([N+](=O)[O-])c1)c1ccccc1. The maximum absolute atomic E-state index is 12.3. The van der Waals surface area contributed by atoms with E-state index in [0.29, 0.717) is 5.56 Å². The van der Waals surface area contributed by atoms with Gasteiger partial charge in [-0.25, -0.2) is 4.79 Å². The van der Waals surface area contributed by atoms with Crippen molar-refractivity contribution in [3.63, 3.8) is 0 Å². The first-order valence-electron chi connectivity index (χ1n) is 7.00. The molecule has 0 saturated carbocycles. The van der Waals surface area contributed by atoms with Gasteiger partial charge in [0.05, 0.1) is 11.0 Å². The van der Waals surface area contributed by atoms with Gasteiger partial charge in [0.15, 0.2) is 0 Å². The Bertz CT molecular complexity index is 748. The normalized spacial score (nSPS) is 11.2. The third kappa shape index (κ3) is 4.29. The van der Waals surface area contributed by atoms with Crippen LogP contribution in [0.5, 0.6) is 5.75 Å². The molecule has 0 saturated heterocycles. The molecule has 2 aromatic rings. The molecular weight excluding hydrogens is 314 g/mol. The topological polar surface area (TPSA) is 111 Å². The summed E-state index contributed by atoms with van der Waals surface area (Å²) in [5, 5.41) is 15.3. The van der Waals surface area contributed by atoms with Crippen molar-refractivity contribution >= 4 is 17.6 Å². The second-order valence-corrected chi connectivity index (χ2v) is 4.73. The van der Waals surface area contributed by atoms with Crippen molar-refractivity contribution in [3.8, 4) is 5.75 Å². The molecule has 124 valence electrons. The quantitative estimate of drug-likeness (QED) is 0.645. The van der Waals surface area contributed by atoms with Crippen LogP contribution in [0.1, 0.15) is 11.7 Å². The number of carbonyl (C=O) groups excluding carboxylic acids is 2. The standard InChI is InChI=1S/C16H15N3O5/c1-17-16(21)18-15(20)14(11-6-3-2-4-7-11)24-13-9-5-8-12(10-13)19(22)23/h2-10,14H,1H3,(H2,17,18,20,21). The summed E-state index contributed by atoms with van der Waals surface area (Å²) in [7, 11) is 1.38. The van der Waals surface area contributed by atoms with E-state index in [2.05, 4.69) is 10.6 Å². The lowest BCUT2D eigenvalue weighted by atomic mass is 10.1. The Hall–Kier alpha value is -3.42. The third-order valence-electron chi connectivity index (χ3n) is 3.09. The number of nitro groups is 1. The number of non-ortho nitro benzene ring substituents is 1. The van der Waals surface area contributed by atoms with Gasteiger partial charge in [-0.05, 0) is 6.07 Å². The van der Waals surface area contributed by atoms with Crippen molar-refractivity contribution in [3.05, 3.63) is 70.3 Å². The monoisotopic (exact) mass is 329 g/mol. The molecule has 0 aliphatic heterocycles. The Morgan fingerprint density at radius 1 is 1.12 bits per heavy atom. The number of hydrogen-bond donors (Lipinski definition) is 2. The summed E-state index contributed by atoms with van der Waals surface area (Å²) in [5.74, 6) is -0.544. The molecule has 0 fully saturated rings. The van der Waals surface area contributed by atoms with Crippen LogP contribution in [0.3, 0.4) is 0 Å². The van der Waals surface area contributed by atoms with Crippen LogP contribution in [-0.4, -0.2) is 23.9 Å². The number of ether oxygens (including phenoxy) is 1. The van der Waals surface area contributed by atoms with Gasteiger partial charge in [0.2, 0.25) is 6.10 Å². The highest BCUT2D eigenvalue weighted by molar-refractivity contribution is 5.97. The summed E-state index contributed by atoms with van der Waals surface area (Å²) in [4.78, 5) is 34.0. The largest absolute Gasteiger partial charge is 0.476 e. The van der Waals surface area contributed by atoms with Gasteiger partial charge >= 0.3 is 6.03 Å². The molecule has 0 aromatic heterocycles. The van der Waals surface area contributed by atoms with Crippen LogP contribution >= 0.6 is 0 Å². The van der Waals surface area contributed by atoms with E-state index in [4.69, 9.17) is 4.74 Å². The van der Waals surface area contributed by atoms with Crippen molar-refractivity contribution in [2.24, 2.45) is 0 Å². The van der Waals surface area contributed by atoms with Crippen molar-refractivity contribution in [1.82, 2.24) is 10.6 Å². The molecule has 8 nitrogen and oxygen atoms in total. The summed E-state index contributed by atoms with van der Waals surface area (Å²) in [6, 6.07) is 13.3. The van der Waals surface area contributed by atoms with E-state index in [-0.39, 0.29) is 11.4 Å². The van der Waals surface area contributed by atoms with Crippen molar-refractivity contribution in [2.75, 3.05) is 7.05 Å². The highest BCUT2D eigenvalue weighted by Gasteiger charge is 2.24. The molecule has 0 heterocycles. The van der Waals surface area contributed by atoms with Gasteiger partial charge in [0, 0.05) is 18.7 Å². The van der Waals surface area contributed by atoms with Crippen LogP contribution < -0.4 is 15.4 Å². The molecule has 2 aromatic carbocycles. The molecule has 24 heavy (non-hydrogen) atoms. The Kier molecular flexibility index (Phi) is 5.45. The fraction of sp³-hybridized carbons (Fsp3) is 0.125. The Balaban J connectivity index is 2.29. The molecule has 1 unspecified atom stereocenters. The smallest absolute Gasteiger partial charge is 0.321 e. The van der Waals surface area contributed by atoms with Crippen molar-refractivity contribution < 1.29 is 19.2 Å². The number of imide groups is 1. The highest BCUT2D eigenvalue weighted by atomic mass is 16.6. The first-order chi connectivity index (χ1) is 11.5. The number of benzene rings is 2. The maximum Gasteiger partial charge on any atom is 0.321 e. The fourth-order valence-electron chi connectivity index (χ4n) is 1.95. The van der Waals surface area contributed by atoms with Gasteiger partial charge in [-0.15, -0.1) is 0 Å². The van der Waals surface area contributed by atoms with Gasteiger partial charge in [0.1, 0.15) is 5.75 Å². The predicted octanol–water partition coefficient (Wildman–Crippen LogP) is 2.17. The Morgan fingerprint density at radius 3 is 2.46 bits per heavy atom. The average molecular weight is 329 g/mol. The number of amides is 3. The van der Waals surface area contributed by atoms with E-state index in [1.165, 1.54) is 31.3 Å². The van der Waals surface area contributed by atoms with Gasteiger partial charge in [0.25, 0.3) is 11.6 Å². The first-order valence-corrected chi connectivity index (χ1v) is 7.00. The molecule has 3 amide bonds. The number of nitro benzene ring substituents is 1. The molecule has 1 atom stereocenters. The summed E-state index contributed by atoms with van der Waals surface area (Å²) in [5.41, 5.74) is 0.344. The number of hydrogen-bond acceptors (Lipinski definition) is 5. The minimum Gasteiger partial charge on any atom is -0.476 e. The first kappa shape index (κ1) is 16.9. The number of carbonyl (C=O) groups is 2. The van der Waals surface area contributed by atoms with Crippen LogP contribution in [-0.2, 0) is 4.79 Å². The molecule has 2 N–H and O–H groups in total. The highest BCUT2D eigenvalue weighted by Crippen LogP contribution is 2.25. The summed E-state index contributed by atoms with van der Waals surface area (Å²) >= 11 is 0. The summed E-state index contributed by atoms with van der Waals surface area (Å²) in [6.07, 6.45) is -1.13. The van der Waals surface area contributed by atoms with E-state index in [9.17, 15) is 19.7 Å². The zero-order chi connectivity index (χ0) is 17.5. The van der Waals surface area contributed by atoms with Crippen LogP contribution in [0.25, 0.3) is 0 Å². The van der Waals surface area contributed by atoms with Crippen molar-refractivity contribution in [2.45, 2.75) is 6.10 Å². The van der Waals surface area contributed by atoms with Crippen LogP contribution in [0, 0.1) is 10.1 Å². The van der Waals surface area contributed by atoms with Crippen molar-refractivity contribution in [1.29, 1.82) is 0 Å². The zero-order valence-corrected chi connectivity index (χ0v) is 12.8. The number of rotatable bonds is 5. The Morgan fingerprint density at radius 2 is 1.83 bits per heavy atom. The third-order valence-corrected chi connectivity index (χ3v) is 3.09. The van der Waals surface area contributed by atoms with Crippen LogP contribution in [0.4, 0.5) is 10.5 Å². The second-order valence-electron chi connectivity index (χ2n) is 4.73. The van der Waals surface area contributed by atoms with E-state index in [0.717, 1.165) is 0 Å².